The van der Waals surface area contributed by atoms with Crippen LogP contribution in [0.2, 0.25) is 0 Å². The van der Waals surface area contributed by atoms with Gasteiger partial charge >= 0.3 is 0 Å². The van der Waals surface area contributed by atoms with Gasteiger partial charge in [-0.25, -0.2) is 0 Å². The van der Waals surface area contributed by atoms with Crippen molar-refractivity contribution in [3.8, 4) is 0 Å². The van der Waals surface area contributed by atoms with Crippen LogP contribution in [0.1, 0.15) is 28.2 Å². The van der Waals surface area contributed by atoms with E-state index in [4.69, 9.17) is 8.83 Å². The number of anilines is 1. The van der Waals surface area contributed by atoms with Gasteiger partial charge in [-0.2, -0.15) is 0 Å². The molecule has 2 aromatic heterocycles. The number of nitrogens with zero attached hydrogens (tertiary/aromatic N) is 1. The summed E-state index contributed by atoms with van der Waals surface area (Å²) in [6.45, 7) is 7.40. The van der Waals surface area contributed by atoms with Gasteiger partial charge in [0, 0.05) is 5.69 Å². The molecule has 5 nitrogen and oxygen atoms in total. The number of hydrogen-bond donors (Lipinski definition) is 1. The molecule has 0 aliphatic heterocycles. The van der Waals surface area contributed by atoms with E-state index in [2.05, 4.69) is 24.4 Å². The molecule has 3 aromatic rings. The molecule has 1 amide bonds. The molecule has 2 heterocycles. The Hall–Kier alpha value is -2.79. The summed E-state index contributed by atoms with van der Waals surface area (Å²) in [7, 11) is 0. The highest BCUT2D eigenvalue weighted by atomic mass is 16.3. The van der Waals surface area contributed by atoms with Crippen molar-refractivity contribution >= 4 is 11.6 Å². The Morgan fingerprint density at radius 3 is 1.96 bits per heavy atom. The van der Waals surface area contributed by atoms with E-state index in [1.807, 2.05) is 43.0 Å². The first-order chi connectivity index (χ1) is 12.5. The van der Waals surface area contributed by atoms with Gasteiger partial charge in [0.15, 0.2) is 0 Å². The summed E-state index contributed by atoms with van der Waals surface area (Å²) in [6.07, 6.45) is 3.28. The second-order valence-electron chi connectivity index (χ2n) is 6.63. The van der Waals surface area contributed by atoms with Crippen LogP contribution in [0.25, 0.3) is 0 Å². The highest BCUT2D eigenvalue weighted by Gasteiger charge is 2.16. The number of carbonyl (C=O) groups is 1. The molecule has 0 fully saturated rings. The maximum atomic E-state index is 12.7. The zero-order chi connectivity index (χ0) is 18.5. The van der Waals surface area contributed by atoms with Crippen LogP contribution < -0.4 is 5.32 Å². The fraction of sp³-hybridized carbons (Fsp3) is 0.286. The monoisotopic (exact) mass is 352 g/mol. The van der Waals surface area contributed by atoms with E-state index < -0.39 is 0 Å². The lowest BCUT2D eigenvalue weighted by Gasteiger charge is -2.20. The first kappa shape index (κ1) is 18.0. The first-order valence-corrected chi connectivity index (χ1v) is 8.66. The minimum atomic E-state index is -0.0573. The number of aryl methyl sites for hydroxylation is 3. The van der Waals surface area contributed by atoms with Crippen molar-refractivity contribution in [1.82, 2.24) is 4.90 Å². The van der Waals surface area contributed by atoms with Crippen molar-refractivity contribution in [1.29, 1.82) is 0 Å². The van der Waals surface area contributed by atoms with E-state index in [9.17, 15) is 4.79 Å². The van der Waals surface area contributed by atoms with Gasteiger partial charge in [-0.15, -0.1) is 0 Å². The van der Waals surface area contributed by atoms with E-state index in [1.54, 1.807) is 12.5 Å². The Bertz CT molecular complexity index is 792. The predicted molar refractivity (Wildman–Crippen MR) is 101 cm³/mol. The van der Waals surface area contributed by atoms with Gasteiger partial charge in [0.05, 0.1) is 32.2 Å². The van der Waals surface area contributed by atoms with E-state index in [-0.39, 0.29) is 12.5 Å². The van der Waals surface area contributed by atoms with Gasteiger partial charge < -0.3 is 14.2 Å². The van der Waals surface area contributed by atoms with Crippen LogP contribution in [0.3, 0.4) is 0 Å². The first-order valence-electron chi connectivity index (χ1n) is 8.66. The summed E-state index contributed by atoms with van der Waals surface area (Å²) in [5.41, 5.74) is 4.21. The largest absolute Gasteiger partial charge is 0.468 e. The molecule has 26 heavy (non-hydrogen) atoms. The molecule has 0 unspecified atom stereocenters. The highest BCUT2D eigenvalue weighted by molar-refractivity contribution is 5.93. The fourth-order valence-electron chi connectivity index (χ4n) is 3.17. The van der Waals surface area contributed by atoms with Gasteiger partial charge in [0.25, 0.3) is 0 Å². The summed E-state index contributed by atoms with van der Waals surface area (Å²) < 4.78 is 10.9. The number of hydrogen-bond acceptors (Lipinski definition) is 4. The molecule has 0 saturated carbocycles. The number of amides is 1. The molecule has 3 rings (SSSR count). The van der Waals surface area contributed by atoms with Crippen molar-refractivity contribution < 1.29 is 13.6 Å². The van der Waals surface area contributed by atoms with E-state index in [0.29, 0.717) is 13.1 Å². The second kappa shape index (κ2) is 8.06. The van der Waals surface area contributed by atoms with E-state index >= 15 is 0 Å². The molecule has 0 bridgehead atoms. The molecule has 0 radical (unpaired) electrons. The van der Waals surface area contributed by atoms with Gasteiger partial charge in [-0.3, -0.25) is 9.69 Å². The van der Waals surface area contributed by atoms with Crippen LogP contribution in [-0.4, -0.2) is 17.4 Å². The van der Waals surface area contributed by atoms with Crippen LogP contribution >= 0.6 is 0 Å². The number of nitrogens with one attached hydrogen (secondary N) is 1. The zero-order valence-corrected chi connectivity index (χ0v) is 15.4. The molecule has 0 saturated heterocycles. The van der Waals surface area contributed by atoms with Crippen LogP contribution in [0.15, 0.2) is 57.8 Å². The lowest BCUT2D eigenvalue weighted by molar-refractivity contribution is -0.117. The van der Waals surface area contributed by atoms with Crippen molar-refractivity contribution in [3.63, 3.8) is 0 Å². The summed E-state index contributed by atoms with van der Waals surface area (Å²) in [5.74, 6) is 1.57. The van der Waals surface area contributed by atoms with Crippen LogP contribution in [-0.2, 0) is 17.9 Å². The fourth-order valence-corrected chi connectivity index (χ4v) is 3.17. The molecule has 0 atom stereocenters. The molecular weight excluding hydrogens is 328 g/mol. The summed E-state index contributed by atoms with van der Waals surface area (Å²) >= 11 is 0. The van der Waals surface area contributed by atoms with Crippen LogP contribution in [0.5, 0.6) is 0 Å². The van der Waals surface area contributed by atoms with Gasteiger partial charge in [0.1, 0.15) is 11.5 Å². The summed E-state index contributed by atoms with van der Waals surface area (Å²) in [6, 6.07) is 11.7. The third kappa shape index (κ3) is 4.64. The molecule has 0 aliphatic carbocycles. The van der Waals surface area contributed by atoms with Crippen molar-refractivity contribution in [2.45, 2.75) is 33.9 Å². The Labute approximate surface area is 153 Å². The van der Waals surface area contributed by atoms with Crippen LogP contribution in [0, 0.1) is 20.8 Å². The molecule has 0 spiro atoms. The van der Waals surface area contributed by atoms with Crippen molar-refractivity contribution in [3.05, 3.63) is 77.1 Å². The lowest BCUT2D eigenvalue weighted by Crippen LogP contribution is -2.32. The van der Waals surface area contributed by atoms with Gasteiger partial charge in [-0.1, -0.05) is 17.7 Å². The maximum Gasteiger partial charge on any atom is 0.238 e. The topological polar surface area (TPSA) is 58.6 Å². The van der Waals surface area contributed by atoms with Crippen molar-refractivity contribution in [2.75, 3.05) is 11.9 Å². The van der Waals surface area contributed by atoms with Crippen LogP contribution in [0.4, 0.5) is 5.69 Å². The third-order valence-corrected chi connectivity index (χ3v) is 4.23. The minimum Gasteiger partial charge on any atom is -0.468 e. The Balaban J connectivity index is 1.70. The van der Waals surface area contributed by atoms with Gasteiger partial charge in [0.2, 0.25) is 5.91 Å². The molecule has 5 heteroatoms. The molecule has 136 valence electrons. The standard InChI is InChI=1S/C21H24N2O3/c1-15-10-16(2)21(17(3)11-15)22-20(24)14-23(12-18-6-4-8-25-18)13-19-7-5-9-26-19/h4-11H,12-14H2,1-3H3,(H,22,24). The Morgan fingerprint density at radius 2 is 1.50 bits per heavy atom. The molecular formula is C21H24N2O3. The maximum absolute atomic E-state index is 12.7. The average molecular weight is 352 g/mol. The molecule has 1 aromatic carbocycles. The number of carbonyl (C=O) groups excluding carboxylic acids is 1. The predicted octanol–water partition coefficient (Wildman–Crippen LogP) is 4.44. The Morgan fingerprint density at radius 1 is 0.962 bits per heavy atom. The van der Waals surface area contributed by atoms with Gasteiger partial charge in [-0.05, 0) is 56.2 Å². The SMILES string of the molecule is Cc1cc(C)c(NC(=O)CN(Cc2ccco2)Cc2ccco2)c(C)c1. The van der Waals surface area contributed by atoms with E-state index in [1.165, 1.54) is 5.56 Å². The summed E-state index contributed by atoms with van der Waals surface area (Å²) in [5, 5.41) is 3.05. The molecule has 1 N–H and O–H groups in total. The quantitative estimate of drug-likeness (QED) is 0.683. The Kier molecular flexibility index (Phi) is 5.58. The third-order valence-electron chi connectivity index (χ3n) is 4.23. The normalized spacial score (nSPS) is 11.1. The average Bonchev–Trinajstić information content (AvgIpc) is 3.24. The lowest BCUT2D eigenvalue weighted by atomic mass is 10.1. The number of benzene rings is 1. The van der Waals surface area contributed by atoms with E-state index in [0.717, 1.165) is 28.3 Å². The van der Waals surface area contributed by atoms with Crippen molar-refractivity contribution in [2.24, 2.45) is 0 Å². The number of rotatable bonds is 7. The second-order valence-corrected chi connectivity index (χ2v) is 6.63. The minimum absolute atomic E-state index is 0.0573. The smallest absolute Gasteiger partial charge is 0.238 e. The highest BCUT2D eigenvalue weighted by Crippen LogP contribution is 2.22. The molecule has 0 aliphatic rings. The summed E-state index contributed by atoms with van der Waals surface area (Å²) in [4.78, 5) is 14.6. The number of furan rings is 2. The zero-order valence-electron chi connectivity index (χ0n) is 15.4.